The molecule has 1 aromatic heterocycles. The Morgan fingerprint density at radius 3 is 2.63 bits per heavy atom. The maximum Gasteiger partial charge on any atom is 0.322 e. The Bertz CT molecular complexity index is 569. The third kappa shape index (κ3) is 3.05. The number of aryl methyl sites for hydroxylation is 1. The van der Waals surface area contributed by atoms with Crippen molar-refractivity contribution >= 4 is 17.6 Å². The van der Waals surface area contributed by atoms with Crippen molar-refractivity contribution < 1.29 is 9.13 Å². The number of hydrazine groups is 1. The summed E-state index contributed by atoms with van der Waals surface area (Å²) in [5, 5.41) is 2.75. The largest absolute Gasteiger partial charge is 0.467 e. The Morgan fingerprint density at radius 1 is 1.21 bits per heavy atom. The number of rotatable bonds is 4. The van der Waals surface area contributed by atoms with Crippen LogP contribution in [0.25, 0.3) is 0 Å². The maximum atomic E-state index is 13.6. The molecular weight excluding hydrogens is 251 g/mol. The van der Waals surface area contributed by atoms with Crippen LogP contribution in [-0.4, -0.2) is 22.1 Å². The minimum atomic E-state index is -0.410. The van der Waals surface area contributed by atoms with Crippen LogP contribution in [0.2, 0.25) is 0 Å². The number of hydrogen-bond acceptors (Lipinski definition) is 7. The molecule has 0 fully saturated rings. The fraction of sp³-hybridized carbons (Fsp3) is 0.182. The Hall–Kier alpha value is -2.48. The van der Waals surface area contributed by atoms with Crippen LogP contribution in [0.1, 0.15) is 5.56 Å². The Kier molecular flexibility index (Phi) is 3.71. The van der Waals surface area contributed by atoms with Crippen LogP contribution >= 0.6 is 0 Å². The van der Waals surface area contributed by atoms with Gasteiger partial charge in [0.05, 0.1) is 12.8 Å². The summed E-state index contributed by atoms with van der Waals surface area (Å²) >= 11 is 0. The van der Waals surface area contributed by atoms with Crippen molar-refractivity contribution in [3.05, 3.63) is 29.6 Å². The molecule has 2 aromatic rings. The van der Waals surface area contributed by atoms with Crippen LogP contribution in [0.4, 0.5) is 22.0 Å². The van der Waals surface area contributed by atoms with E-state index in [0.717, 1.165) is 5.56 Å². The van der Waals surface area contributed by atoms with Gasteiger partial charge in [-0.1, -0.05) is 6.07 Å². The molecule has 100 valence electrons. The van der Waals surface area contributed by atoms with E-state index in [1.165, 1.54) is 13.2 Å². The van der Waals surface area contributed by atoms with E-state index < -0.39 is 5.82 Å². The predicted octanol–water partition coefficient (Wildman–Crippen LogP) is 1.36. The molecule has 0 bridgehead atoms. The van der Waals surface area contributed by atoms with Crippen molar-refractivity contribution in [3.63, 3.8) is 0 Å². The van der Waals surface area contributed by atoms with E-state index in [2.05, 4.69) is 25.7 Å². The number of nitrogens with one attached hydrogen (secondary N) is 2. The zero-order valence-electron chi connectivity index (χ0n) is 10.4. The van der Waals surface area contributed by atoms with Crippen molar-refractivity contribution in [3.8, 4) is 6.01 Å². The average Bonchev–Trinajstić information content (AvgIpc) is 2.42. The molecule has 0 unspecified atom stereocenters. The molecule has 0 atom stereocenters. The highest BCUT2D eigenvalue weighted by Gasteiger charge is 2.08. The maximum absolute atomic E-state index is 13.6. The first-order valence-corrected chi connectivity index (χ1v) is 5.42. The Morgan fingerprint density at radius 2 is 1.95 bits per heavy atom. The number of benzene rings is 1. The SMILES string of the molecule is COc1nc(NN)nc(Nc2cc(C)ccc2F)n1. The van der Waals surface area contributed by atoms with Crippen molar-refractivity contribution in [1.82, 2.24) is 15.0 Å². The fourth-order valence-electron chi connectivity index (χ4n) is 1.42. The molecule has 0 aliphatic carbocycles. The number of halogens is 1. The number of nitrogens with zero attached hydrogens (tertiary/aromatic N) is 3. The third-order valence-corrected chi connectivity index (χ3v) is 2.29. The Balaban J connectivity index is 2.34. The highest BCUT2D eigenvalue weighted by atomic mass is 19.1. The quantitative estimate of drug-likeness (QED) is 0.566. The van der Waals surface area contributed by atoms with Gasteiger partial charge >= 0.3 is 6.01 Å². The van der Waals surface area contributed by atoms with E-state index in [9.17, 15) is 4.39 Å². The molecule has 0 amide bonds. The van der Waals surface area contributed by atoms with Gasteiger partial charge in [-0.15, -0.1) is 0 Å². The van der Waals surface area contributed by atoms with Crippen molar-refractivity contribution in [2.75, 3.05) is 17.9 Å². The first kappa shape index (κ1) is 13.0. The van der Waals surface area contributed by atoms with Gasteiger partial charge in [0, 0.05) is 0 Å². The summed E-state index contributed by atoms with van der Waals surface area (Å²) in [6.07, 6.45) is 0. The topological polar surface area (TPSA) is 98.0 Å². The number of nitrogens with two attached hydrogens (primary N) is 1. The summed E-state index contributed by atoms with van der Waals surface area (Å²) in [5.74, 6) is 5.06. The van der Waals surface area contributed by atoms with Gasteiger partial charge in [-0.25, -0.2) is 10.2 Å². The first-order chi connectivity index (χ1) is 9.12. The number of anilines is 3. The summed E-state index contributed by atoms with van der Waals surface area (Å²) < 4.78 is 18.5. The van der Waals surface area contributed by atoms with E-state index in [1.807, 2.05) is 6.92 Å². The summed E-state index contributed by atoms with van der Waals surface area (Å²) in [7, 11) is 1.41. The van der Waals surface area contributed by atoms with Gasteiger partial charge in [0.2, 0.25) is 11.9 Å². The summed E-state index contributed by atoms with van der Waals surface area (Å²) in [5.41, 5.74) is 3.44. The molecule has 8 heteroatoms. The minimum absolute atomic E-state index is 0.0681. The van der Waals surface area contributed by atoms with Crippen molar-refractivity contribution in [2.24, 2.45) is 5.84 Å². The number of nitrogen functional groups attached to an aromatic ring is 1. The summed E-state index contributed by atoms with van der Waals surface area (Å²) in [6, 6.07) is 4.74. The number of aromatic nitrogens is 3. The first-order valence-electron chi connectivity index (χ1n) is 5.42. The normalized spacial score (nSPS) is 10.1. The number of methoxy groups -OCH3 is 1. The second kappa shape index (κ2) is 5.44. The molecule has 0 radical (unpaired) electrons. The standard InChI is InChI=1S/C11H13FN6O/c1-6-3-4-7(12)8(5-6)14-9-15-10(18-13)17-11(16-9)19-2/h3-5H,13H2,1-2H3,(H2,14,15,16,17,18). The molecule has 2 rings (SSSR count). The van der Waals surface area contributed by atoms with Crippen LogP contribution in [0.5, 0.6) is 6.01 Å². The van der Waals surface area contributed by atoms with Crippen LogP contribution in [0.3, 0.4) is 0 Å². The zero-order valence-corrected chi connectivity index (χ0v) is 10.4. The minimum Gasteiger partial charge on any atom is -0.467 e. The van der Waals surface area contributed by atoms with Gasteiger partial charge in [-0.2, -0.15) is 15.0 Å². The van der Waals surface area contributed by atoms with E-state index in [0.29, 0.717) is 0 Å². The smallest absolute Gasteiger partial charge is 0.322 e. The second-order valence-electron chi connectivity index (χ2n) is 3.72. The lowest BCUT2D eigenvalue weighted by Gasteiger charge is -2.09. The van der Waals surface area contributed by atoms with Gasteiger partial charge in [-0.05, 0) is 24.6 Å². The van der Waals surface area contributed by atoms with Gasteiger partial charge in [0.1, 0.15) is 5.82 Å². The van der Waals surface area contributed by atoms with E-state index in [4.69, 9.17) is 10.6 Å². The monoisotopic (exact) mass is 264 g/mol. The molecule has 4 N–H and O–H groups in total. The lowest BCUT2D eigenvalue weighted by atomic mass is 10.2. The third-order valence-electron chi connectivity index (χ3n) is 2.29. The van der Waals surface area contributed by atoms with Gasteiger partial charge in [-0.3, -0.25) is 5.43 Å². The molecule has 0 aliphatic rings. The summed E-state index contributed by atoms with van der Waals surface area (Å²) in [4.78, 5) is 11.7. The van der Waals surface area contributed by atoms with Crippen LogP contribution in [-0.2, 0) is 0 Å². The predicted molar refractivity (Wildman–Crippen MR) is 68.6 cm³/mol. The molecule has 0 spiro atoms. The van der Waals surface area contributed by atoms with E-state index in [1.54, 1.807) is 12.1 Å². The van der Waals surface area contributed by atoms with Crippen LogP contribution in [0.15, 0.2) is 18.2 Å². The van der Waals surface area contributed by atoms with Gasteiger partial charge in [0.25, 0.3) is 0 Å². The molecule has 19 heavy (non-hydrogen) atoms. The highest BCUT2D eigenvalue weighted by Crippen LogP contribution is 2.20. The van der Waals surface area contributed by atoms with Gasteiger partial charge < -0.3 is 10.1 Å². The summed E-state index contributed by atoms with van der Waals surface area (Å²) in [6.45, 7) is 1.85. The lowest BCUT2D eigenvalue weighted by Crippen LogP contribution is -2.13. The molecule has 1 heterocycles. The molecule has 0 aliphatic heterocycles. The van der Waals surface area contributed by atoms with Crippen molar-refractivity contribution in [2.45, 2.75) is 6.92 Å². The van der Waals surface area contributed by atoms with Crippen molar-refractivity contribution in [1.29, 1.82) is 0 Å². The zero-order chi connectivity index (χ0) is 13.8. The van der Waals surface area contributed by atoms with Crippen LogP contribution in [0, 0.1) is 12.7 Å². The molecule has 1 aromatic carbocycles. The van der Waals surface area contributed by atoms with Gasteiger partial charge in [0.15, 0.2) is 0 Å². The Labute approximate surface area is 109 Å². The molecule has 0 saturated carbocycles. The second-order valence-corrected chi connectivity index (χ2v) is 3.72. The fourth-order valence-corrected chi connectivity index (χ4v) is 1.42. The van der Waals surface area contributed by atoms with E-state index in [-0.39, 0.29) is 23.6 Å². The average molecular weight is 264 g/mol. The van der Waals surface area contributed by atoms with Crippen LogP contribution < -0.4 is 21.3 Å². The lowest BCUT2D eigenvalue weighted by molar-refractivity contribution is 0.379. The molecule has 0 saturated heterocycles. The number of hydrogen-bond donors (Lipinski definition) is 3. The molecule has 7 nitrogen and oxygen atoms in total. The number of ether oxygens (including phenoxy) is 1. The highest BCUT2D eigenvalue weighted by molar-refractivity contribution is 5.56. The molecular formula is C11H13FN6O. The van der Waals surface area contributed by atoms with E-state index >= 15 is 0 Å².